The van der Waals surface area contributed by atoms with Crippen LogP contribution in [-0.4, -0.2) is 52.8 Å². The quantitative estimate of drug-likeness (QED) is 0.779. The lowest BCUT2D eigenvalue weighted by Gasteiger charge is -2.29. The Morgan fingerprint density at radius 2 is 2.14 bits per heavy atom. The zero-order chi connectivity index (χ0) is 15.6. The maximum absolute atomic E-state index is 13.7. The lowest BCUT2D eigenvalue weighted by Crippen LogP contribution is -2.42. The number of ether oxygens (including phenoxy) is 2. The van der Waals surface area contributed by atoms with E-state index in [2.05, 4.69) is 0 Å². The van der Waals surface area contributed by atoms with Crippen LogP contribution in [0.1, 0.15) is 0 Å². The van der Waals surface area contributed by atoms with Gasteiger partial charge in [-0.1, -0.05) is 0 Å². The first-order valence-corrected chi connectivity index (χ1v) is 8.45. The fourth-order valence-electron chi connectivity index (χ4n) is 1.96. The van der Waals surface area contributed by atoms with E-state index < -0.39 is 25.6 Å². The van der Waals surface area contributed by atoms with Crippen molar-refractivity contribution in [1.29, 1.82) is 0 Å². The molecule has 0 radical (unpaired) electrons. The van der Waals surface area contributed by atoms with E-state index in [-0.39, 0.29) is 18.5 Å². The minimum atomic E-state index is -4.35. The van der Waals surface area contributed by atoms with Gasteiger partial charge in [0.1, 0.15) is 17.6 Å². The van der Waals surface area contributed by atoms with Gasteiger partial charge in [0, 0.05) is 23.8 Å². The van der Waals surface area contributed by atoms with E-state index in [9.17, 15) is 17.2 Å². The molecule has 21 heavy (non-hydrogen) atoms. The second-order valence-electron chi connectivity index (χ2n) is 4.69. The molecular formula is C12H14ClF2NO4S. The van der Waals surface area contributed by atoms with Gasteiger partial charge in [0.2, 0.25) is 5.82 Å². The Balaban J connectivity index is 2.09. The van der Waals surface area contributed by atoms with Crippen LogP contribution in [0.2, 0.25) is 0 Å². The standard InChI is InChI=1S/C12H14ClF2NO4S/c1-16-4-5-19-8(6-16)7-20-9-2-3-10(21(13,17)18)12(15)11(9)14/h2-3,8H,4-7H2,1H3. The predicted molar refractivity (Wildman–Crippen MR) is 72.1 cm³/mol. The smallest absolute Gasteiger partial charge is 0.264 e. The van der Waals surface area contributed by atoms with Crippen LogP contribution in [0, 0.1) is 11.6 Å². The van der Waals surface area contributed by atoms with Gasteiger partial charge in [-0.3, -0.25) is 0 Å². The van der Waals surface area contributed by atoms with Crippen LogP contribution in [0.25, 0.3) is 0 Å². The van der Waals surface area contributed by atoms with E-state index in [1.54, 1.807) is 0 Å². The molecule has 1 aromatic rings. The van der Waals surface area contributed by atoms with E-state index in [1.807, 2.05) is 11.9 Å². The summed E-state index contributed by atoms with van der Waals surface area (Å²) >= 11 is 0. The minimum Gasteiger partial charge on any atom is -0.488 e. The van der Waals surface area contributed by atoms with E-state index in [0.717, 1.165) is 18.7 Å². The summed E-state index contributed by atoms with van der Waals surface area (Å²) in [7, 11) is 2.57. The molecule has 1 aliphatic rings. The third-order valence-electron chi connectivity index (χ3n) is 3.04. The molecular weight excluding hydrogens is 328 g/mol. The molecule has 0 aromatic heterocycles. The zero-order valence-electron chi connectivity index (χ0n) is 11.2. The monoisotopic (exact) mass is 341 g/mol. The maximum Gasteiger partial charge on any atom is 0.264 e. The molecule has 2 rings (SSSR count). The number of morpholine rings is 1. The second kappa shape index (κ2) is 6.43. The summed E-state index contributed by atoms with van der Waals surface area (Å²) in [4.78, 5) is 1.11. The van der Waals surface area contributed by atoms with Crippen LogP contribution >= 0.6 is 10.7 Å². The highest BCUT2D eigenvalue weighted by Crippen LogP contribution is 2.27. The molecule has 0 amide bonds. The molecule has 9 heteroatoms. The summed E-state index contributed by atoms with van der Waals surface area (Å²) in [6.07, 6.45) is -0.261. The fourth-order valence-corrected chi connectivity index (χ4v) is 2.86. The van der Waals surface area contributed by atoms with Crippen LogP contribution in [0.5, 0.6) is 5.75 Å². The average Bonchev–Trinajstić information content (AvgIpc) is 2.39. The molecule has 1 aromatic carbocycles. The summed E-state index contributed by atoms with van der Waals surface area (Å²) in [5, 5.41) is 0. The minimum absolute atomic E-state index is 0.0354. The summed E-state index contributed by atoms with van der Waals surface area (Å²) < 4.78 is 60.1. The summed E-state index contributed by atoms with van der Waals surface area (Å²) in [5.41, 5.74) is 0. The molecule has 118 valence electrons. The molecule has 5 nitrogen and oxygen atoms in total. The highest BCUT2D eigenvalue weighted by atomic mass is 35.7. The van der Waals surface area contributed by atoms with Crippen molar-refractivity contribution in [2.75, 3.05) is 33.4 Å². The Morgan fingerprint density at radius 3 is 2.76 bits per heavy atom. The Bertz CT molecular complexity index is 626. The van der Waals surface area contributed by atoms with E-state index in [0.29, 0.717) is 13.2 Å². The van der Waals surface area contributed by atoms with Gasteiger partial charge in [-0.05, 0) is 19.2 Å². The fraction of sp³-hybridized carbons (Fsp3) is 0.500. The summed E-state index contributed by atoms with van der Waals surface area (Å²) in [6, 6.07) is 1.89. The number of halogens is 3. The van der Waals surface area contributed by atoms with Crippen molar-refractivity contribution in [3.63, 3.8) is 0 Å². The van der Waals surface area contributed by atoms with Crippen molar-refractivity contribution in [2.24, 2.45) is 0 Å². The average molecular weight is 342 g/mol. The van der Waals surface area contributed by atoms with Crippen molar-refractivity contribution in [3.8, 4) is 5.75 Å². The van der Waals surface area contributed by atoms with Crippen LogP contribution in [0.4, 0.5) is 8.78 Å². The van der Waals surface area contributed by atoms with Crippen molar-refractivity contribution >= 4 is 19.7 Å². The summed E-state index contributed by atoms with van der Waals surface area (Å²) in [6.45, 7) is 1.97. The highest BCUT2D eigenvalue weighted by Gasteiger charge is 2.24. The normalized spacial score (nSPS) is 20.5. The molecule has 1 atom stereocenters. The van der Waals surface area contributed by atoms with Crippen molar-refractivity contribution in [2.45, 2.75) is 11.0 Å². The number of benzene rings is 1. The molecule has 0 bridgehead atoms. The van der Waals surface area contributed by atoms with Crippen molar-refractivity contribution < 1.29 is 26.7 Å². The molecule has 0 spiro atoms. The maximum atomic E-state index is 13.7. The first kappa shape index (κ1) is 16.4. The number of hydrogen-bond acceptors (Lipinski definition) is 5. The Morgan fingerprint density at radius 1 is 1.43 bits per heavy atom. The number of hydrogen-bond donors (Lipinski definition) is 0. The summed E-state index contributed by atoms with van der Waals surface area (Å²) in [5.74, 6) is -3.32. The van der Waals surface area contributed by atoms with Gasteiger partial charge in [0.05, 0.1) is 6.61 Å². The molecule has 0 saturated carbocycles. The molecule has 0 aliphatic carbocycles. The van der Waals surface area contributed by atoms with Crippen molar-refractivity contribution in [3.05, 3.63) is 23.8 Å². The SMILES string of the molecule is CN1CCOC(COc2ccc(S(=O)(=O)Cl)c(F)c2F)C1. The lowest BCUT2D eigenvalue weighted by atomic mass is 10.3. The number of rotatable bonds is 4. The highest BCUT2D eigenvalue weighted by molar-refractivity contribution is 8.13. The second-order valence-corrected chi connectivity index (χ2v) is 7.23. The third kappa shape index (κ3) is 4.03. The zero-order valence-corrected chi connectivity index (χ0v) is 12.8. The molecule has 1 fully saturated rings. The lowest BCUT2D eigenvalue weighted by molar-refractivity contribution is -0.0409. The molecule has 1 aliphatic heterocycles. The van der Waals surface area contributed by atoms with Crippen LogP contribution in [0.3, 0.4) is 0 Å². The van der Waals surface area contributed by atoms with Gasteiger partial charge < -0.3 is 14.4 Å². The largest absolute Gasteiger partial charge is 0.488 e. The van der Waals surface area contributed by atoms with Crippen molar-refractivity contribution in [1.82, 2.24) is 4.90 Å². The van der Waals surface area contributed by atoms with Gasteiger partial charge in [-0.25, -0.2) is 12.8 Å². The van der Waals surface area contributed by atoms with Gasteiger partial charge in [0.25, 0.3) is 9.05 Å². The Kier molecular flexibility index (Phi) is 5.03. The topological polar surface area (TPSA) is 55.8 Å². The molecule has 0 N–H and O–H groups in total. The van der Waals surface area contributed by atoms with Gasteiger partial charge in [-0.15, -0.1) is 0 Å². The predicted octanol–water partition coefficient (Wildman–Crippen LogP) is 1.60. The Hall–Kier alpha value is -0.960. The first-order valence-electron chi connectivity index (χ1n) is 6.14. The van der Waals surface area contributed by atoms with Crippen LogP contribution < -0.4 is 4.74 Å². The van der Waals surface area contributed by atoms with E-state index in [1.165, 1.54) is 0 Å². The number of likely N-dealkylation sites (N-methyl/N-ethyl adjacent to an activating group) is 1. The van der Waals surface area contributed by atoms with Crippen LogP contribution in [0.15, 0.2) is 17.0 Å². The van der Waals surface area contributed by atoms with Gasteiger partial charge >= 0.3 is 0 Å². The van der Waals surface area contributed by atoms with E-state index in [4.69, 9.17) is 20.2 Å². The van der Waals surface area contributed by atoms with Crippen LogP contribution in [-0.2, 0) is 13.8 Å². The molecule has 1 heterocycles. The Labute approximate surface area is 125 Å². The third-order valence-corrected chi connectivity index (χ3v) is 4.38. The van der Waals surface area contributed by atoms with Gasteiger partial charge in [0.15, 0.2) is 11.6 Å². The first-order chi connectivity index (χ1) is 9.79. The molecule has 1 unspecified atom stereocenters. The van der Waals surface area contributed by atoms with E-state index >= 15 is 0 Å². The number of nitrogens with zero attached hydrogens (tertiary/aromatic N) is 1. The molecule has 1 saturated heterocycles. The van der Waals surface area contributed by atoms with Gasteiger partial charge in [-0.2, -0.15) is 4.39 Å².